The zero-order chi connectivity index (χ0) is 17.9. The lowest BCUT2D eigenvalue weighted by atomic mass is 10.2. The lowest BCUT2D eigenvalue weighted by Crippen LogP contribution is -2.56. The van der Waals surface area contributed by atoms with Gasteiger partial charge in [-0.25, -0.2) is 4.79 Å². The van der Waals surface area contributed by atoms with E-state index in [2.05, 4.69) is 10.3 Å². The summed E-state index contributed by atoms with van der Waals surface area (Å²) >= 11 is 0. The number of nitrogens with zero attached hydrogens (tertiary/aromatic N) is 4. The van der Waals surface area contributed by atoms with E-state index >= 15 is 0 Å². The number of anilines is 1. The maximum Gasteiger partial charge on any atom is 0.401 e. The smallest absolute Gasteiger partial charge is 0.322 e. The van der Waals surface area contributed by atoms with Gasteiger partial charge >= 0.3 is 17.9 Å². The van der Waals surface area contributed by atoms with Gasteiger partial charge in [-0.2, -0.15) is 13.2 Å². The molecule has 0 saturated carbocycles. The fourth-order valence-corrected chi connectivity index (χ4v) is 2.48. The topological polar surface area (TPSA) is 91.6 Å². The van der Waals surface area contributed by atoms with Crippen molar-refractivity contribution in [2.24, 2.45) is 0 Å². The molecule has 1 aliphatic rings. The Morgan fingerprint density at radius 1 is 1.50 bits per heavy atom. The highest BCUT2D eigenvalue weighted by molar-refractivity contribution is 5.91. The third-order valence-corrected chi connectivity index (χ3v) is 3.67. The Hall–Kier alpha value is -2.43. The van der Waals surface area contributed by atoms with Gasteiger partial charge < -0.3 is 10.2 Å². The van der Waals surface area contributed by atoms with Gasteiger partial charge in [-0.15, -0.1) is 0 Å². The zero-order valence-electron chi connectivity index (χ0n) is 12.8. The number of amides is 2. The largest absolute Gasteiger partial charge is 0.401 e. The second kappa shape index (κ2) is 6.99. The Morgan fingerprint density at radius 3 is 2.79 bits per heavy atom. The molecule has 1 saturated heterocycles. The molecule has 1 aromatic rings. The molecular weight excluding hydrogens is 331 g/mol. The van der Waals surface area contributed by atoms with E-state index in [0.717, 1.165) is 6.20 Å². The van der Waals surface area contributed by atoms with Gasteiger partial charge in [0.2, 0.25) is 0 Å². The number of urea groups is 1. The van der Waals surface area contributed by atoms with Crippen molar-refractivity contribution in [1.82, 2.24) is 14.8 Å². The predicted octanol–water partition coefficient (Wildman–Crippen LogP) is 2.09. The fourth-order valence-electron chi connectivity index (χ4n) is 2.48. The third-order valence-electron chi connectivity index (χ3n) is 3.67. The summed E-state index contributed by atoms with van der Waals surface area (Å²) in [6, 6.07) is 0.223. The number of piperazine rings is 1. The molecule has 0 spiro atoms. The molecule has 2 rings (SSSR count). The van der Waals surface area contributed by atoms with Crippen LogP contribution in [0.4, 0.5) is 29.3 Å². The molecular formula is C13H16F3N5O3. The Bertz CT molecular complexity index is 625. The summed E-state index contributed by atoms with van der Waals surface area (Å²) in [7, 11) is 0. The minimum atomic E-state index is -4.30. The van der Waals surface area contributed by atoms with Crippen molar-refractivity contribution in [1.29, 1.82) is 0 Å². The predicted molar refractivity (Wildman–Crippen MR) is 78.6 cm³/mol. The SMILES string of the molecule is C[C@@H]1CN(C(=O)Nc2ccncc2[N+](=O)[O-])CCN1CC(F)(F)F. The first-order chi connectivity index (χ1) is 11.2. The summed E-state index contributed by atoms with van der Waals surface area (Å²) < 4.78 is 37.4. The van der Waals surface area contributed by atoms with Gasteiger partial charge in [0.05, 0.1) is 11.5 Å². The van der Waals surface area contributed by atoms with Crippen LogP contribution in [-0.2, 0) is 0 Å². The molecule has 0 unspecified atom stereocenters. The number of aromatic nitrogens is 1. The van der Waals surface area contributed by atoms with Crippen LogP contribution in [0.25, 0.3) is 0 Å². The van der Waals surface area contributed by atoms with Crippen molar-refractivity contribution < 1.29 is 22.9 Å². The third kappa shape index (κ3) is 4.54. The number of nitro groups is 1. The number of hydrogen-bond donors (Lipinski definition) is 1. The molecule has 2 amide bonds. The molecule has 24 heavy (non-hydrogen) atoms. The maximum atomic E-state index is 12.5. The van der Waals surface area contributed by atoms with E-state index in [0.29, 0.717) is 0 Å². The number of nitrogens with one attached hydrogen (secondary N) is 1. The van der Waals surface area contributed by atoms with Crippen molar-refractivity contribution in [3.63, 3.8) is 0 Å². The Kier molecular flexibility index (Phi) is 5.22. The molecule has 0 bridgehead atoms. The number of pyridine rings is 1. The van der Waals surface area contributed by atoms with Gasteiger partial charge in [-0.3, -0.25) is 20.0 Å². The van der Waals surface area contributed by atoms with Gasteiger partial charge in [-0.05, 0) is 13.0 Å². The minimum Gasteiger partial charge on any atom is -0.322 e. The molecule has 132 valence electrons. The van der Waals surface area contributed by atoms with Gasteiger partial charge in [0, 0.05) is 31.9 Å². The van der Waals surface area contributed by atoms with Crippen LogP contribution in [-0.4, -0.2) is 64.1 Å². The number of carbonyl (C=O) groups excluding carboxylic acids is 1. The fraction of sp³-hybridized carbons (Fsp3) is 0.538. The van der Waals surface area contributed by atoms with Gasteiger partial charge in [0.1, 0.15) is 11.9 Å². The average Bonchev–Trinajstić information content (AvgIpc) is 2.48. The van der Waals surface area contributed by atoms with Crippen molar-refractivity contribution in [3.05, 3.63) is 28.6 Å². The number of alkyl halides is 3. The van der Waals surface area contributed by atoms with Crippen LogP contribution in [0.1, 0.15) is 6.92 Å². The normalized spacial score (nSPS) is 19.2. The maximum absolute atomic E-state index is 12.5. The molecule has 0 aromatic carbocycles. The van der Waals surface area contributed by atoms with E-state index in [1.807, 2.05) is 0 Å². The van der Waals surface area contributed by atoms with Gasteiger partial charge in [-0.1, -0.05) is 0 Å². The lowest BCUT2D eigenvalue weighted by Gasteiger charge is -2.39. The lowest BCUT2D eigenvalue weighted by molar-refractivity contribution is -0.384. The Balaban J connectivity index is 1.99. The first-order valence-corrected chi connectivity index (χ1v) is 7.12. The highest BCUT2D eigenvalue weighted by atomic mass is 19.4. The molecule has 0 radical (unpaired) electrons. The Labute approximate surface area is 135 Å². The van der Waals surface area contributed by atoms with Crippen molar-refractivity contribution in [2.75, 3.05) is 31.5 Å². The average molecular weight is 347 g/mol. The minimum absolute atomic E-state index is 0.00891. The van der Waals surface area contributed by atoms with Crippen molar-refractivity contribution in [2.45, 2.75) is 19.1 Å². The van der Waals surface area contributed by atoms with Crippen LogP contribution in [0.5, 0.6) is 0 Å². The summed E-state index contributed by atoms with van der Waals surface area (Å²) in [5.41, 5.74) is -0.361. The van der Waals surface area contributed by atoms with Crippen molar-refractivity contribution in [3.8, 4) is 0 Å². The standard InChI is InChI=1S/C13H16F3N5O3/c1-9-7-19(4-5-20(9)8-13(14,15)16)12(22)18-10-2-3-17-6-11(10)21(23)24/h2-3,6,9H,4-5,7-8H2,1H3,(H,17,18,22)/t9-/m1/s1. The zero-order valence-corrected chi connectivity index (χ0v) is 12.8. The molecule has 0 aliphatic carbocycles. The number of carbonyl (C=O) groups is 1. The molecule has 1 aliphatic heterocycles. The van der Waals surface area contributed by atoms with E-state index in [1.165, 1.54) is 22.1 Å². The van der Waals surface area contributed by atoms with E-state index in [4.69, 9.17) is 0 Å². The number of hydrogen-bond acceptors (Lipinski definition) is 5. The molecule has 1 atom stereocenters. The van der Waals surface area contributed by atoms with Crippen LogP contribution >= 0.6 is 0 Å². The quantitative estimate of drug-likeness (QED) is 0.668. The highest BCUT2D eigenvalue weighted by Crippen LogP contribution is 2.23. The monoisotopic (exact) mass is 347 g/mol. The molecule has 8 nitrogen and oxygen atoms in total. The number of rotatable bonds is 3. The van der Waals surface area contributed by atoms with Crippen LogP contribution in [0.3, 0.4) is 0 Å². The van der Waals surface area contributed by atoms with Gasteiger partial charge in [0.25, 0.3) is 0 Å². The molecule has 2 heterocycles. The van der Waals surface area contributed by atoms with E-state index in [9.17, 15) is 28.1 Å². The molecule has 1 fully saturated rings. The van der Waals surface area contributed by atoms with Crippen molar-refractivity contribution >= 4 is 17.4 Å². The van der Waals surface area contributed by atoms with Crippen LogP contribution < -0.4 is 5.32 Å². The highest BCUT2D eigenvalue weighted by Gasteiger charge is 2.36. The second-order valence-electron chi connectivity index (χ2n) is 5.46. The first kappa shape index (κ1) is 17.9. The van der Waals surface area contributed by atoms with Crippen LogP contribution in [0.2, 0.25) is 0 Å². The summed E-state index contributed by atoms with van der Waals surface area (Å²) in [5.74, 6) is 0. The molecule has 1 N–H and O–H groups in total. The van der Waals surface area contributed by atoms with E-state index < -0.39 is 29.7 Å². The summed E-state index contributed by atoms with van der Waals surface area (Å²) in [5, 5.41) is 13.3. The van der Waals surface area contributed by atoms with Gasteiger partial charge in [0.15, 0.2) is 0 Å². The summed E-state index contributed by atoms with van der Waals surface area (Å²) in [4.78, 5) is 28.6. The molecule has 11 heteroatoms. The van der Waals surface area contributed by atoms with E-state index in [-0.39, 0.29) is 31.0 Å². The summed E-state index contributed by atoms with van der Waals surface area (Å²) in [6.45, 7) is 0.845. The van der Waals surface area contributed by atoms with Crippen LogP contribution in [0, 0.1) is 10.1 Å². The first-order valence-electron chi connectivity index (χ1n) is 7.12. The van der Waals surface area contributed by atoms with E-state index in [1.54, 1.807) is 6.92 Å². The number of halogens is 3. The second-order valence-corrected chi connectivity index (χ2v) is 5.46. The Morgan fingerprint density at radius 2 is 2.21 bits per heavy atom. The van der Waals surface area contributed by atoms with Crippen LogP contribution in [0.15, 0.2) is 18.5 Å². The summed E-state index contributed by atoms with van der Waals surface area (Å²) in [6.07, 6.45) is -1.98. The molecule has 1 aromatic heterocycles.